The molecule has 0 saturated carbocycles. The van der Waals surface area contributed by atoms with Crippen LogP contribution in [0.1, 0.15) is 67.0 Å². The molecule has 3 amide bonds. The zero-order valence-corrected chi connectivity index (χ0v) is 52.5. The molecule has 18 nitrogen and oxygen atoms in total. The van der Waals surface area contributed by atoms with Gasteiger partial charge in [-0.3, -0.25) is 67.0 Å². The summed E-state index contributed by atoms with van der Waals surface area (Å²) in [4.78, 5) is 115. The lowest BCUT2D eigenvalue weighted by Crippen LogP contribution is -2.36. The van der Waals surface area contributed by atoms with Gasteiger partial charge >= 0.3 is 17.9 Å². The van der Waals surface area contributed by atoms with Gasteiger partial charge in [0.15, 0.2) is 0 Å². The van der Waals surface area contributed by atoms with Crippen molar-refractivity contribution in [1.82, 2.24) is 28.4 Å². The summed E-state index contributed by atoms with van der Waals surface area (Å²) < 4.78 is 6.74. The Morgan fingerprint density at radius 1 is 0.506 bits per heavy atom. The highest BCUT2D eigenvalue weighted by Crippen LogP contribution is 2.34. The predicted molar refractivity (Wildman–Crippen MR) is 342 cm³/mol. The van der Waals surface area contributed by atoms with E-state index >= 15 is 0 Å². The second kappa shape index (κ2) is 28.3. The van der Waals surface area contributed by atoms with Crippen molar-refractivity contribution in [2.45, 2.75) is 74.0 Å². The molecule has 3 fully saturated rings. The van der Waals surface area contributed by atoms with Gasteiger partial charge in [0.25, 0.3) is 33.6 Å². The fourth-order valence-electron chi connectivity index (χ4n) is 8.08. The molecule has 3 aliphatic heterocycles. The van der Waals surface area contributed by atoms with Gasteiger partial charge in [-0.15, -0.1) is 22.7 Å². The third-order valence-electron chi connectivity index (χ3n) is 12.2. The van der Waals surface area contributed by atoms with E-state index in [1.165, 1.54) is 14.4 Å². The highest BCUT2D eigenvalue weighted by atomic mass is 32.2. The van der Waals surface area contributed by atoms with E-state index in [1.807, 2.05) is 119 Å². The molecule has 0 atom stereocenters. The Balaban J connectivity index is 0.000000189. The largest absolute Gasteiger partial charge is 0.480 e. The van der Waals surface area contributed by atoms with Crippen LogP contribution in [0, 0.1) is 30.1 Å². The summed E-state index contributed by atoms with van der Waals surface area (Å²) in [5, 5.41) is 28.3. The van der Waals surface area contributed by atoms with Crippen molar-refractivity contribution in [1.29, 1.82) is 0 Å². The molecule has 3 aromatic carbocycles. The first-order valence-electron chi connectivity index (χ1n) is 25.3. The summed E-state index contributed by atoms with van der Waals surface area (Å²) in [6.45, 7) is 11.4. The number of amides is 3. The fourth-order valence-corrected chi connectivity index (χ4v) is 15.7. The van der Waals surface area contributed by atoms with Crippen LogP contribution in [0.4, 0.5) is 0 Å². The topological polar surface area (TPSA) is 239 Å². The van der Waals surface area contributed by atoms with Gasteiger partial charge in [0.2, 0.25) is 0 Å². The number of hydrogen-bond acceptors (Lipinski definition) is 18. The summed E-state index contributed by atoms with van der Waals surface area (Å²) >= 11 is 22.0. The number of thiazole rings is 3. The lowest BCUT2D eigenvalue weighted by atomic mass is 10.1. The molecule has 0 unspecified atom stereocenters. The zero-order valence-electron chi connectivity index (χ0n) is 45.2. The maximum atomic E-state index is 13.4. The van der Waals surface area contributed by atoms with Crippen LogP contribution in [-0.4, -0.2) is 112 Å². The van der Waals surface area contributed by atoms with Crippen molar-refractivity contribution in [3.05, 3.63) is 170 Å². The van der Waals surface area contributed by atoms with Crippen LogP contribution in [-0.2, 0) is 48.4 Å². The second-order valence-corrected chi connectivity index (χ2v) is 26.3. The molecule has 6 heterocycles. The molecule has 3 aromatic heterocycles. The van der Waals surface area contributed by atoms with Crippen LogP contribution in [0.2, 0.25) is 0 Å². The number of aromatic nitrogens is 3. The number of benzene rings is 3. The molecule has 0 bridgehead atoms. The van der Waals surface area contributed by atoms with Crippen LogP contribution in [0.25, 0.3) is 28.2 Å². The first-order chi connectivity index (χ1) is 39.4. The fraction of sp³-hybridized carbons (Fsp3) is 0.250. The molecule has 83 heavy (non-hydrogen) atoms. The zero-order chi connectivity index (χ0) is 60.6. The van der Waals surface area contributed by atoms with E-state index in [0.717, 1.165) is 125 Å². The molecule has 6 aromatic rings. The van der Waals surface area contributed by atoms with Crippen LogP contribution in [0.3, 0.4) is 0 Å². The number of aliphatic carboxylic acids is 3. The molecule has 3 N–H and O–H groups in total. The Morgan fingerprint density at radius 3 is 1.41 bits per heavy atom. The summed E-state index contributed by atoms with van der Waals surface area (Å²) in [5.41, 5.74) is 4.99. The number of unbranched alkanes of at least 4 members (excludes halogenated alkanes) is 1. The Hall–Kier alpha value is -6.69. The molecule has 27 heteroatoms. The average molecular weight is 1290 g/mol. The van der Waals surface area contributed by atoms with E-state index in [9.17, 15) is 53.4 Å². The van der Waals surface area contributed by atoms with E-state index in [4.69, 9.17) is 41.8 Å². The number of rotatable bonds is 14. The molecular weight excluding hydrogens is 1240 g/mol. The summed E-state index contributed by atoms with van der Waals surface area (Å²) in [6.07, 6.45) is 6.76. The predicted octanol–water partition coefficient (Wildman–Crippen LogP) is 5.83. The molecule has 3 saturated heterocycles. The first kappa shape index (κ1) is 63.9. The van der Waals surface area contributed by atoms with Gasteiger partial charge in [-0.05, 0) is 76.0 Å². The Morgan fingerprint density at radius 2 is 0.952 bits per heavy atom. The molecule has 432 valence electrons. The van der Waals surface area contributed by atoms with Crippen molar-refractivity contribution >= 4 is 183 Å². The number of hydrogen-bond donors (Lipinski definition) is 3. The van der Waals surface area contributed by atoms with Gasteiger partial charge in [0.05, 0.1) is 14.0 Å². The first-order valence-corrected chi connectivity index (χ1v) is 31.4. The van der Waals surface area contributed by atoms with Gasteiger partial charge in [-0.25, -0.2) is 0 Å². The van der Waals surface area contributed by atoms with Crippen molar-refractivity contribution in [3.8, 4) is 0 Å². The van der Waals surface area contributed by atoms with Gasteiger partial charge in [-0.2, -0.15) is 0 Å². The summed E-state index contributed by atoms with van der Waals surface area (Å²) in [7, 11) is 0. The molecule has 0 spiro atoms. The van der Waals surface area contributed by atoms with Crippen LogP contribution in [0.15, 0.2) is 92.1 Å². The van der Waals surface area contributed by atoms with E-state index in [-0.39, 0.29) is 31.0 Å². The van der Waals surface area contributed by atoms with Gasteiger partial charge in [0, 0.05) is 19.6 Å². The van der Waals surface area contributed by atoms with Crippen molar-refractivity contribution in [2.24, 2.45) is 0 Å². The molecule has 0 radical (unpaired) electrons. The van der Waals surface area contributed by atoms with Gasteiger partial charge in [-0.1, -0.05) is 186 Å². The molecular formula is C56H52N6O12S9. The molecule has 3 aliphatic rings. The minimum absolute atomic E-state index is 0.180. The third-order valence-corrected chi connectivity index (χ3v) is 19.9. The molecule has 0 aliphatic carbocycles. The van der Waals surface area contributed by atoms with E-state index in [2.05, 4.69) is 0 Å². The number of carboxylic acids is 3. The van der Waals surface area contributed by atoms with Gasteiger partial charge < -0.3 is 19.9 Å². The normalized spacial score (nSPS) is 17.0. The highest BCUT2D eigenvalue weighted by molar-refractivity contribution is 8.31. The SMILES string of the molecule is CCCCn1/c(=c2\sc(=Cc3ccc(C)cc3)c(=O)n2CC(=O)O)sc(=O)/c1=C1\SC(=S)C(=O)N1CC.CCN1C(=O)/C(=c2\sc(=Cc3ccc(C)cc3)c(=O)n2CC(=O)O)SC1=S.Cc1ccc(C=C2SC(=S)N(CC(=O)O)C2=O)cc1. The minimum Gasteiger partial charge on any atom is -0.480 e. The van der Waals surface area contributed by atoms with Crippen molar-refractivity contribution in [2.75, 3.05) is 19.6 Å². The Bertz CT molecular complexity index is 4230. The number of nitrogens with zero attached hydrogens (tertiary/aromatic N) is 6. The van der Waals surface area contributed by atoms with E-state index < -0.39 is 48.7 Å². The number of thioether (sulfide) groups is 3. The lowest BCUT2D eigenvalue weighted by molar-refractivity contribution is -0.140. The Labute approximate surface area is 514 Å². The maximum absolute atomic E-state index is 13.4. The Kier molecular flexibility index (Phi) is 21.7. The third kappa shape index (κ3) is 15.2. The van der Waals surface area contributed by atoms with Crippen molar-refractivity contribution < 1.29 is 44.1 Å². The average Bonchev–Trinajstić information content (AvgIpc) is 2.34. The van der Waals surface area contributed by atoms with Crippen LogP contribution < -0.4 is 34.9 Å². The van der Waals surface area contributed by atoms with Crippen LogP contribution >= 0.6 is 106 Å². The second-order valence-electron chi connectivity index (χ2n) is 18.3. The quantitative estimate of drug-likeness (QED) is 0.0859. The number of carbonyl (C=O) groups is 6. The smallest absolute Gasteiger partial charge is 0.323 e. The number of carboxylic acid groups (broad SMARTS) is 3. The number of thiocarbonyl (C=S) groups is 3. The van der Waals surface area contributed by atoms with Crippen molar-refractivity contribution in [3.63, 3.8) is 0 Å². The van der Waals surface area contributed by atoms with Gasteiger partial charge in [0.1, 0.15) is 61.7 Å². The minimum atomic E-state index is -1.16. The lowest BCUT2D eigenvalue weighted by Gasteiger charge is -2.13. The standard InChI is InChI=1S/C25H25N3O5S4.C18H16N2O4S3.C13H11NO3S2/c1-4-6-11-27-18(21-26(5-2)20(32)25(34)37-21)24(33)36-22(27)23-28(13-17(29)30)19(31)16(35-23)12-15-9-7-14(3)8-10-15;1-3-19-16(24)14(27-18(19)25)17-20(9-13(21)22)15(23)12(26-17)8-11-6-4-10(2)5-7-11;1-8-2-4-9(5-3-8)6-10-12(17)14(7-11(15)16)13(18)19-10/h7-10,12H,4-6,11,13H2,1-3H3,(H,29,30);4-8H,3,9H2,1-2H3,(H,21,22);2-6H,7H2,1H3,(H,15,16)/b16-12?,21-18+,23-22+;12-8?,17-14+;. The number of aryl methyl sites for hydroxylation is 3. The summed E-state index contributed by atoms with van der Waals surface area (Å²) in [6, 6.07) is 23.0. The van der Waals surface area contributed by atoms with E-state index in [1.54, 1.807) is 18.2 Å². The molecule has 9 rings (SSSR count). The maximum Gasteiger partial charge on any atom is 0.323 e. The number of carbonyl (C=O) groups excluding carboxylic acids is 3. The monoisotopic (exact) mass is 1290 g/mol. The van der Waals surface area contributed by atoms with Crippen LogP contribution in [0.5, 0.6) is 0 Å². The highest BCUT2D eigenvalue weighted by Gasteiger charge is 2.35. The summed E-state index contributed by atoms with van der Waals surface area (Å²) in [5.74, 6) is -4.33. The van der Waals surface area contributed by atoms with E-state index in [0.29, 0.717) is 67.2 Å².